The van der Waals surface area contributed by atoms with Gasteiger partial charge in [0.2, 0.25) is 0 Å². The van der Waals surface area contributed by atoms with Gasteiger partial charge in [0.25, 0.3) is 0 Å². The zero-order valence-corrected chi connectivity index (χ0v) is 16.5. The molecule has 0 unspecified atom stereocenters. The van der Waals surface area contributed by atoms with Gasteiger partial charge in [0.05, 0.1) is 0 Å². The van der Waals surface area contributed by atoms with Gasteiger partial charge in [-0.15, -0.1) is 0 Å². The number of unbranched alkanes of at least 4 members (excludes halogenated alkanes) is 3. The molecule has 1 fully saturated rings. The molecule has 0 bridgehead atoms. The van der Waals surface area contributed by atoms with Crippen molar-refractivity contribution < 1.29 is 4.74 Å². The first-order chi connectivity index (χ1) is 9.26. The summed E-state index contributed by atoms with van der Waals surface area (Å²) in [6.45, 7) is 7.05. The van der Waals surface area contributed by atoms with Crippen molar-refractivity contribution in [3.63, 3.8) is 0 Å². The predicted octanol–water partition coefficient (Wildman–Crippen LogP) is 5.94. The Balaban J connectivity index is 2.50. The van der Waals surface area contributed by atoms with Crippen molar-refractivity contribution in [3.8, 4) is 0 Å². The van der Waals surface area contributed by atoms with E-state index in [2.05, 4.69) is 20.8 Å². The Hall–Kier alpha value is 0.759. The fraction of sp³-hybridized carbons (Fsp3) is 1.00. The van der Waals surface area contributed by atoms with Crippen molar-refractivity contribution in [1.29, 1.82) is 0 Å². The maximum absolute atomic E-state index is 6.33. The molecule has 0 heterocycles. The van der Waals surface area contributed by atoms with Crippen LogP contribution in [0.2, 0.25) is 13.3 Å². The van der Waals surface area contributed by atoms with Crippen LogP contribution in [0.25, 0.3) is 0 Å². The molecule has 1 aliphatic carbocycles. The Bertz CT molecular complexity index is 192. The van der Waals surface area contributed by atoms with Crippen LogP contribution < -0.4 is 0 Å². The molecule has 114 valence electrons. The summed E-state index contributed by atoms with van der Waals surface area (Å²) in [6.07, 6.45) is 13.3. The summed E-state index contributed by atoms with van der Waals surface area (Å²) in [5.74, 6) is 0. The average Bonchev–Trinajstić information content (AvgIpc) is 2.38. The van der Waals surface area contributed by atoms with E-state index in [4.69, 9.17) is 4.74 Å². The minimum absolute atomic E-state index is 0.654. The molecule has 0 aliphatic heterocycles. The molecule has 1 saturated carbocycles. The average molecular weight is 375 g/mol. The van der Waals surface area contributed by atoms with Crippen LogP contribution in [0, 0.1) is 0 Å². The van der Waals surface area contributed by atoms with Crippen LogP contribution in [0.3, 0.4) is 0 Å². The number of hydrogen-bond donors (Lipinski definition) is 0. The Labute approximate surface area is 125 Å². The van der Waals surface area contributed by atoms with Gasteiger partial charge in [-0.25, -0.2) is 0 Å². The second-order valence-electron chi connectivity index (χ2n) is 6.67. The zero-order valence-electron chi connectivity index (χ0n) is 13.7. The van der Waals surface area contributed by atoms with Crippen LogP contribution >= 0.6 is 0 Å². The van der Waals surface area contributed by atoms with Gasteiger partial charge in [0.15, 0.2) is 0 Å². The predicted molar refractivity (Wildman–Crippen MR) is 88.5 cm³/mol. The van der Waals surface area contributed by atoms with E-state index in [1.807, 2.05) is 0 Å². The van der Waals surface area contributed by atoms with Gasteiger partial charge in [-0.2, -0.15) is 0 Å². The first-order valence-electron chi connectivity index (χ1n) is 8.88. The summed E-state index contributed by atoms with van der Waals surface area (Å²) in [6, 6.07) is 0. The van der Waals surface area contributed by atoms with E-state index in [1.54, 1.807) is 13.3 Å². The van der Waals surface area contributed by atoms with Crippen molar-refractivity contribution in [2.24, 2.45) is 0 Å². The van der Waals surface area contributed by atoms with Crippen molar-refractivity contribution in [1.82, 2.24) is 0 Å². The topological polar surface area (TPSA) is 9.23 Å². The van der Waals surface area contributed by atoms with Gasteiger partial charge in [-0.1, -0.05) is 0 Å². The van der Waals surface area contributed by atoms with Gasteiger partial charge >= 0.3 is 126 Å². The second kappa shape index (κ2) is 10.5. The van der Waals surface area contributed by atoms with E-state index in [0.717, 1.165) is 0 Å². The molecule has 0 saturated heterocycles. The third-order valence-electron chi connectivity index (χ3n) is 4.86. The Morgan fingerprint density at radius 2 is 1.32 bits per heavy atom. The summed E-state index contributed by atoms with van der Waals surface area (Å²) in [4.78, 5) is 0. The second-order valence-corrected chi connectivity index (χ2v) is 20.3. The summed E-state index contributed by atoms with van der Waals surface area (Å²) >= 11 is -1.96. The Kier molecular flexibility index (Phi) is 9.82. The molecule has 0 spiro atoms. The first-order valence-corrected chi connectivity index (χ1v) is 16.9. The molecular formula is C17H36OSn. The number of ether oxygens (including phenoxy) is 1. The maximum atomic E-state index is 6.33. The summed E-state index contributed by atoms with van der Waals surface area (Å²) in [7, 11) is 0. The van der Waals surface area contributed by atoms with Crippen LogP contribution in [0.4, 0.5) is 0 Å². The van der Waals surface area contributed by atoms with Crippen LogP contribution in [0.15, 0.2) is 0 Å². The van der Waals surface area contributed by atoms with Gasteiger partial charge in [0.1, 0.15) is 0 Å². The van der Waals surface area contributed by atoms with Crippen molar-refractivity contribution in [3.05, 3.63) is 0 Å². The molecule has 2 heteroatoms. The van der Waals surface area contributed by atoms with Crippen LogP contribution in [-0.2, 0) is 4.74 Å². The molecule has 0 N–H and O–H groups in total. The molecule has 1 nitrogen and oxygen atoms in total. The number of hydrogen-bond acceptors (Lipinski definition) is 1. The SMILES string of the molecule is CCC[CH2][Sn]([CH2]CCC)([CH2]CCC)[CH2]OC1CCC1. The van der Waals surface area contributed by atoms with Crippen molar-refractivity contribution in [2.45, 2.75) is 98.0 Å². The quantitative estimate of drug-likeness (QED) is 0.384. The Morgan fingerprint density at radius 3 is 1.63 bits per heavy atom. The summed E-state index contributed by atoms with van der Waals surface area (Å²) in [5.41, 5.74) is 0. The Morgan fingerprint density at radius 1 is 0.842 bits per heavy atom. The van der Waals surface area contributed by atoms with Gasteiger partial charge in [-0.3, -0.25) is 0 Å². The van der Waals surface area contributed by atoms with Gasteiger partial charge in [0, 0.05) is 0 Å². The molecule has 0 aromatic carbocycles. The number of rotatable bonds is 12. The monoisotopic (exact) mass is 376 g/mol. The molecule has 0 amide bonds. The summed E-state index contributed by atoms with van der Waals surface area (Å²) in [5, 5.41) is 0. The van der Waals surface area contributed by atoms with E-state index in [0.29, 0.717) is 6.10 Å². The van der Waals surface area contributed by atoms with Crippen LogP contribution in [-0.4, -0.2) is 29.1 Å². The van der Waals surface area contributed by atoms with Crippen molar-refractivity contribution >= 4 is 18.4 Å². The fourth-order valence-corrected chi connectivity index (χ4v) is 17.6. The third kappa shape index (κ3) is 6.84. The molecule has 19 heavy (non-hydrogen) atoms. The van der Waals surface area contributed by atoms with E-state index in [9.17, 15) is 0 Å². The summed E-state index contributed by atoms with van der Waals surface area (Å²) < 4.78 is 12.4. The van der Waals surface area contributed by atoms with Gasteiger partial charge in [-0.05, 0) is 0 Å². The van der Waals surface area contributed by atoms with Crippen LogP contribution in [0.1, 0.15) is 78.6 Å². The van der Waals surface area contributed by atoms with Crippen LogP contribution in [0.5, 0.6) is 0 Å². The molecular weight excluding hydrogens is 339 g/mol. The fourth-order valence-electron chi connectivity index (χ4n) is 3.08. The molecule has 1 rings (SSSR count). The molecule has 0 atom stereocenters. The zero-order chi connectivity index (χ0) is 14.0. The minimum atomic E-state index is -1.96. The molecule has 1 aliphatic rings. The van der Waals surface area contributed by atoms with E-state index < -0.39 is 18.4 Å². The standard InChI is InChI=1S/C5H9O.3C4H9.Sn/c1-6-5-3-2-4-5;3*1-3-4-2;/h5H,1-4H2;3*1,3-4H2,2H3;. The molecule has 0 aromatic heterocycles. The van der Waals surface area contributed by atoms with E-state index in [1.165, 1.54) is 62.4 Å². The molecule has 0 aromatic rings. The van der Waals surface area contributed by atoms with E-state index in [-0.39, 0.29) is 0 Å². The molecule has 0 radical (unpaired) electrons. The van der Waals surface area contributed by atoms with E-state index >= 15 is 0 Å². The normalized spacial score (nSPS) is 16.6. The first kappa shape index (κ1) is 17.8. The third-order valence-corrected chi connectivity index (χ3v) is 19.2. The van der Waals surface area contributed by atoms with Gasteiger partial charge < -0.3 is 0 Å². The van der Waals surface area contributed by atoms with Crippen molar-refractivity contribution in [2.75, 3.05) is 4.62 Å².